The maximum absolute atomic E-state index is 10.8. The maximum Gasteiger partial charge on any atom is 2.00 e. The fraction of sp³-hybridized carbons (Fsp3) is 0.562. The van der Waals surface area contributed by atoms with Crippen LogP contribution in [0.3, 0.4) is 0 Å². The number of benzene rings is 4. The largest absolute Gasteiger partial charge is 2.00 e. The van der Waals surface area contributed by atoms with Crippen LogP contribution >= 0.6 is 0 Å². The molecule has 0 aromatic heterocycles. The Hall–Kier alpha value is -5.15. The number of unbranched alkanes of at least 4 members (excludes halogenated alkanes) is 13. The number of carboxylic acid groups (broad SMARTS) is 2. The molecule has 0 spiro atoms. The molecular formula is C64H94N2NiO8. The van der Waals surface area contributed by atoms with Gasteiger partial charge in [-0.1, -0.05) is 144 Å². The quantitative estimate of drug-likeness (QED) is 0.0161. The number of carboxylic acids is 2. The fourth-order valence-electron chi connectivity index (χ4n) is 9.16. The van der Waals surface area contributed by atoms with Crippen LogP contribution in [0.4, 0.5) is 11.4 Å². The molecule has 418 valence electrons. The van der Waals surface area contributed by atoms with Gasteiger partial charge >= 0.3 is 16.5 Å². The first-order valence-electron chi connectivity index (χ1n) is 28.5. The number of aromatic carboxylic acids is 2. The molecule has 0 heterocycles. The van der Waals surface area contributed by atoms with Gasteiger partial charge in [-0.2, -0.15) is 0 Å². The molecule has 0 atom stereocenters. The summed E-state index contributed by atoms with van der Waals surface area (Å²) in [6.45, 7) is 18.7. The molecule has 75 heavy (non-hydrogen) atoms. The van der Waals surface area contributed by atoms with E-state index in [4.69, 9.17) is 9.98 Å². The zero-order valence-corrected chi connectivity index (χ0v) is 48.4. The van der Waals surface area contributed by atoms with E-state index in [1.807, 2.05) is 13.8 Å². The number of aliphatic imine (C=N–C) groups is 2. The second kappa shape index (κ2) is 39.3. The smallest absolute Gasteiger partial charge is 0.545 e. The molecule has 0 aliphatic rings. The Kier molecular flexibility index (Phi) is 35.5. The number of aromatic hydroxyl groups is 4. The molecule has 10 nitrogen and oxygen atoms in total. The fourth-order valence-corrected chi connectivity index (χ4v) is 9.16. The minimum Gasteiger partial charge on any atom is -0.545 e. The van der Waals surface area contributed by atoms with E-state index in [-0.39, 0.29) is 27.6 Å². The standard InChI is InChI=1S/C40H64N2.2C12H16O4.Ni/c1-6-11-16-21-26-40(42-39-30-28-35(23-18-13-8-3)37(32-39)25-20-15-10-5)33-41-38-29-27-34(22-17-12-7-2)36(31-38)24-19-14-9-4;2*1-3-4-5-8-6-9(13)11(14)10(7(8)2)12(15)16;/h27-33H,6-26H2,1-5H3;2*6,13-14H,3-5H2,1-2H3,(H,15,16);/q;;;+2/p-2. The number of nitrogens with zero attached hydrogens (tertiary/aromatic N) is 2. The van der Waals surface area contributed by atoms with Crippen molar-refractivity contribution < 1.29 is 56.7 Å². The van der Waals surface area contributed by atoms with Crippen LogP contribution < -0.4 is 10.2 Å². The molecule has 0 bridgehead atoms. The van der Waals surface area contributed by atoms with Crippen LogP contribution in [-0.4, -0.2) is 44.3 Å². The van der Waals surface area contributed by atoms with Crippen molar-refractivity contribution in [1.29, 1.82) is 0 Å². The topological polar surface area (TPSA) is 186 Å². The molecule has 11 heteroatoms. The van der Waals surface area contributed by atoms with Crippen LogP contribution in [-0.2, 0) is 55.0 Å². The first kappa shape index (κ1) is 67.9. The summed E-state index contributed by atoms with van der Waals surface area (Å²) in [5.74, 6) is -4.98. The van der Waals surface area contributed by atoms with E-state index in [0.717, 1.165) is 60.3 Å². The Morgan fingerprint density at radius 2 is 0.787 bits per heavy atom. The van der Waals surface area contributed by atoms with E-state index in [2.05, 4.69) is 77.2 Å². The van der Waals surface area contributed by atoms with Crippen LogP contribution in [0.15, 0.2) is 58.5 Å². The van der Waals surface area contributed by atoms with E-state index in [1.54, 1.807) is 13.8 Å². The molecule has 0 fully saturated rings. The molecule has 4 rings (SSSR count). The number of hydrogen-bond donors (Lipinski definition) is 4. The average molecular weight is 1080 g/mol. The second-order valence-electron chi connectivity index (χ2n) is 20.0. The molecule has 4 aromatic rings. The van der Waals surface area contributed by atoms with Gasteiger partial charge in [-0.25, -0.2) is 0 Å². The summed E-state index contributed by atoms with van der Waals surface area (Å²) in [4.78, 5) is 31.9. The molecule has 0 saturated carbocycles. The number of phenols is 4. The van der Waals surface area contributed by atoms with Gasteiger partial charge in [0.2, 0.25) is 0 Å². The number of hydrogen-bond acceptors (Lipinski definition) is 10. The van der Waals surface area contributed by atoms with Crippen molar-refractivity contribution in [2.75, 3.05) is 0 Å². The Bertz CT molecular complexity index is 2280. The number of aryl methyl sites for hydroxylation is 6. The van der Waals surface area contributed by atoms with Gasteiger partial charge in [0.25, 0.3) is 0 Å². The van der Waals surface area contributed by atoms with Crippen molar-refractivity contribution >= 4 is 35.2 Å². The predicted octanol–water partition coefficient (Wildman–Crippen LogP) is 15.3. The van der Waals surface area contributed by atoms with E-state index in [1.165, 1.54) is 163 Å². The van der Waals surface area contributed by atoms with Crippen LogP contribution in [0.1, 0.15) is 249 Å². The first-order valence-corrected chi connectivity index (χ1v) is 28.5. The minimum atomic E-state index is -1.47. The number of carbonyl (C=O) groups is 2. The SMILES string of the molecule is CCCCCCC(C=Nc1ccc(CCCCC)c(CCCCC)c1)=Nc1ccc(CCCCC)c(CCCCC)c1.CCCCc1cc(O)c(O)c(C(=O)[O-])c1C.CCCCc1cc(O)c(O)c(C(=O)[O-])c1C.[Ni+2]. The average Bonchev–Trinajstić information content (AvgIpc) is 3.37. The molecule has 0 unspecified atom stereocenters. The normalized spacial score (nSPS) is 11.2. The van der Waals surface area contributed by atoms with E-state index < -0.39 is 34.9 Å². The zero-order valence-electron chi connectivity index (χ0n) is 47.4. The molecule has 0 aliphatic heterocycles. The summed E-state index contributed by atoms with van der Waals surface area (Å²) in [5.41, 5.74) is 11.1. The van der Waals surface area contributed by atoms with E-state index in [0.29, 0.717) is 24.0 Å². The molecule has 0 amide bonds. The third kappa shape index (κ3) is 24.6. The van der Waals surface area contributed by atoms with Gasteiger partial charge in [0.05, 0.1) is 29.0 Å². The minimum absolute atomic E-state index is 0. The van der Waals surface area contributed by atoms with E-state index in [9.17, 15) is 40.2 Å². The third-order valence-electron chi connectivity index (χ3n) is 13.8. The van der Waals surface area contributed by atoms with Gasteiger partial charge in [0.15, 0.2) is 23.0 Å². The van der Waals surface area contributed by atoms with Gasteiger partial charge in [0, 0.05) is 17.3 Å². The van der Waals surface area contributed by atoms with Crippen molar-refractivity contribution in [3.63, 3.8) is 0 Å². The van der Waals surface area contributed by atoms with Crippen molar-refractivity contribution in [2.45, 2.75) is 236 Å². The Morgan fingerprint density at radius 3 is 1.17 bits per heavy atom. The van der Waals surface area contributed by atoms with E-state index >= 15 is 0 Å². The van der Waals surface area contributed by atoms with Gasteiger partial charge in [-0.05, 0) is 185 Å². The number of phenolic OH excluding ortho intramolecular Hbond substituents is 2. The Labute approximate surface area is 462 Å². The van der Waals surface area contributed by atoms with Crippen LogP contribution in [0.2, 0.25) is 0 Å². The summed E-state index contributed by atoms with van der Waals surface area (Å²) in [6.07, 6.45) is 33.3. The summed E-state index contributed by atoms with van der Waals surface area (Å²) in [6, 6.07) is 16.8. The summed E-state index contributed by atoms with van der Waals surface area (Å²) in [7, 11) is 0. The Balaban J connectivity index is 0.000000692. The molecule has 0 aliphatic carbocycles. The van der Waals surface area contributed by atoms with Crippen LogP contribution in [0, 0.1) is 13.8 Å². The molecule has 4 aromatic carbocycles. The van der Waals surface area contributed by atoms with Crippen molar-refractivity contribution in [3.05, 3.63) is 104 Å². The monoisotopic (exact) mass is 1080 g/mol. The summed E-state index contributed by atoms with van der Waals surface area (Å²) < 4.78 is 0. The molecular weight excluding hydrogens is 983 g/mol. The number of rotatable bonds is 32. The molecule has 0 radical (unpaired) electrons. The molecule has 4 N–H and O–H groups in total. The van der Waals surface area contributed by atoms with Crippen molar-refractivity contribution in [1.82, 2.24) is 0 Å². The second-order valence-corrected chi connectivity index (χ2v) is 20.0. The van der Waals surface area contributed by atoms with Gasteiger partial charge in [0.1, 0.15) is 0 Å². The first-order chi connectivity index (χ1) is 35.6. The van der Waals surface area contributed by atoms with Crippen molar-refractivity contribution in [3.8, 4) is 23.0 Å². The van der Waals surface area contributed by atoms with Gasteiger partial charge in [-0.3, -0.25) is 9.98 Å². The number of carbonyl (C=O) groups excluding carboxylic acids is 2. The van der Waals surface area contributed by atoms with Gasteiger partial charge < -0.3 is 40.2 Å². The molecule has 0 saturated heterocycles. The van der Waals surface area contributed by atoms with Crippen LogP contribution in [0.5, 0.6) is 23.0 Å². The zero-order chi connectivity index (χ0) is 54.8. The third-order valence-corrected chi connectivity index (χ3v) is 13.8. The summed E-state index contributed by atoms with van der Waals surface area (Å²) >= 11 is 0. The predicted molar refractivity (Wildman–Crippen MR) is 305 cm³/mol. The van der Waals surface area contributed by atoms with Crippen LogP contribution in [0.25, 0.3) is 0 Å². The Morgan fingerprint density at radius 1 is 0.440 bits per heavy atom. The summed E-state index contributed by atoms with van der Waals surface area (Å²) in [5, 5.41) is 59.4. The maximum atomic E-state index is 10.8. The van der Waals surface area contributed by atoms with Crippen molar-refractivity contribution in [2.24, 2.45) is 9.98 Å². The van der Waals surface area contributed by atoms with Gasteiger partial charge in [-0.15, -0.1) is 0 Å².